The molecule has 4 nitrogen and oxygen atoms in total. The number of Topliss-reactive ketones (excluding diaryl/α,β-unsaturated/α-hetero) is 1. The van der Waals surface area contributed by atoms with Crippen LogP contribution in [0.4, 0.5) is 0 Å². The van der Waals surface area contributed by atoms with Crippen LogP contribution in [0.5, 0.6) is 17.2 Å². The quantitative estimate of drug-likeness (QED) is 0.571. The van der Waals surface area contributed by atoms with E-state index >= 15 is 0 Å². The van der Waals surface area contributed by atoms with Gasteiger partial charge in [-0.05, 0) is 56.3 Å². The largest absolute Gasteiger partial charge is 0.508 e. The molecule has 1 heterocycles. The van der Waals surface area contributed by atoms with Crippen LogP contribution >= 0.6 is 15.9 Å². The summed E-state index contributed by atoms with van der Waals surface area (Å²) in [5.74, 6) is 1.05. The number of phenolic OH excluding ortho intramolecular Hbond substituents is 1. The van der Waals surface area contributed by atoms with Gasteiger partial charge in [0.25, 0.3) is 0 Å². The van der Waals surface area contributed by atoms with Crippen LogP contribution in [0, 0.1) is 0 Å². The summed E-state index contributed by atoms with van der Waals surface area (Å²) in [4.78, 5) is 12.5. The fourth-order valence-corrected chi connectivity index (χ4v) is 2.76. The second kappa shape index (κ2) is 7.15. The molecule has 0 unspecified atom stereocenters. The number of fused-ring (bicyclic) bond motifs is 1. The van der Waals surface area contributed by atoms with Crippen LogP contribution in [0.2, 0.25) is 0 Å². The molecule has 1 N–H and O–H groups in total. The molecule has 2 aromatic rings. The number of ether oxygens (including phenoxy) is 2. The third kappa shape index (κ3) is 3.94. The monoisotopic (exact) mass is 400 g/mol. The maximum atomic E-state index is 12.5. The van der Waals surface area contributed by atoms with E-state index in [1.54, 1.807) is 12.1 Å². The zero-order valence-corrected chi connectivity index (χ0v) is 15.5. The number of aromatic hydroxyl groups is 1. The van der Waals surface area contributed by atoms with Gasteiger partial charge >= 0.3 is 0 Å². The van der Waals surface area contributed by atoms with Gasteiger partial charge in [0.15, 0.2) is 5.76 Å². The molecule has 128 valence electrons. The number of hydrogen-bond donors (Lipinski definition) is 1. The molecule has 0 aliphatic carbocycles. The van der Waals surface area contributed by atoms with Crippen molar-refractivity contribution in [3.8, 4) is 17.2 Å². The Morgan fingerprint density at radius 3 is 2.80 bits per heavy atom. The molecule has 0 spiro atoms. The standard InChI is InChI=1S/C20H17BrO4/c1-12(2)7-8-24-17-6-3-14(21)9-13(17)10-19-20(23)16-5-4-15(22)11-18(16)25-19/h3-7,9-11,22H,8H2,1-2H3/b19-10-. The Morgan fingerprint density at radius 1 is 1.24 bits per heavy atom. The number of carbonyl (C=O) groups excluding carboxylic acids is 1. The van der Waals surface area contributed by atoms with Gasteiger partial charge in [0.1, 0.15) is 23.9 Å². The van der Waals surface area contributed by atoms with Gasteiger partial charge in [-0.25, -0.2) is 0 Å². The van der Waals surface area contributed by atoms with Crippen LogP contribution in [0.15, 0.2) is 58.3 Å². The van der Waals surface area contributed by atoms with Crippen molar-refractivity contribution in [1.29, 1.82) is 0 Å². The predicted molar refractivity (Wildman–Crippen MR) is 100 cm³/mol. The van der Waals surface area contributed by atoms with Gasteiger partial charge in [0.05, 0.1) is 5.56 Å². The third-order valence-corrected chi connectivity index (χ3v) is 4.14. The minimum absolute atomic E-state index is 0.0565. The van der Waals surface area contributed by atoms with Gasteiger partial charge in [0.2, 0.25) is 5.78 Å². The van der Waals surface area contributed by atoms with E-state index in [0.29, 0.717) is 23.7 Å². The van der Waals surface area contributed by atoms with Gasteiger partial charge in [-0.15, -0.1) is 0 Å². The smallest absolute Gasteiger partial charge is 0.231 e. The Bertz CT molecular complexity index is 893. The summed E-state index contributed by atoms with van der Waals surface area (Å²) >= 11 is 3.43. The molecule has 2 aromatic carbocycles. The average Bonchev–Trinajstić information content (AvgIpc) is 2.84. The molecule has 0 aromatic heterocycles. The van der Waals surface area contributed by atoms with Crippen LogP contribution in [0.1, 0.15) is 29.8 Å². The van der Waals surface area contributed by atoms with E-state index in [1.165, 1.54) is 17.7 Å². The number of benzene rings is 2. The molecule has 5 heteroatoms. The maximum absolute atomic E-state index is 12.5. The van der Waals surface area contributed by atoms with E-state index in [1.807, 2.05) is 38.1 Å². The van der Waals surface area contributed by atoms with Crippen molar-refractivity contribution in [3.63, 3.8) is 0 Å². The van der Waals surface area contributed by atoms with E-state index < -0.39 is 0 Å². The highest BCUT2D eigenvalue weighted by atomic mass is 79.9. The highest BCUT2D eigenvalue weighted by Crippen LogP contribution is 2.35. The molecule has 0 bridgehead atoms. The summed E-state index contributed by atoms with van der Waals surface area (Å²) in [5.41, 5.74) is 2.34. The third-order valence-electron chi connectivity index (χ3n) is 3.64. The fourth-order valence-electron chi connectivity index (χ4n) is 2.38. The van der Waals surface area contributed by atoms with Crippen molar-refractivity contribution in [3.05, 3.63) is 69.4 Å². The zero-order valence-electron chi connectivity index (χ0n) is 13.9. The van der Waals surface area contributed by atoms with E-state index in [9.17, 15) is 9.90 Å². The molecular weight excluding hydrogens is 384 g/mol. The number of ketones is 1. The maximum Gasteiger partial charge on any atom is 0.231 e. The molecule has 0 atom stereocenters. The zero-order chi connectivity index (χ0) is 18.0. The molecule has 0 radical (unpaired) electrons. The lowest BCUT2D eigenvalue weighted by Crippen LogP contribution is -2.00. The molecule has 1 aliphatic rings. The molecule has 0 amide bonds. The van der Waals surface area contributed by atoms with Crippen LogP contribution in [-0.2, 0) is 0 Å². The normalized spacial score (nSPS) is 14.2. The first-order chi connectivity index (χ1) is 11.9. The first-order valence-corrected chi connectivity index (χ1v) is 8.56. The SMILES string of the molecule is CC(C)=CCOc1ccc(Br)cc1/C=C1\Oc2cc(O)ccc2C1=O. The summed E-state index contributed by atoms with van der Waals surface area (Å²) in [7, 11) is 0. The Balaban J connectivity index is 1.92. The Kier molecular flexibility index (Phi) is 4.95. The Labute approximate surface area is 154 Å². The van der Waals surface area contributed by atoms with Gasteiger partial charge in [-0.1, -0.05) is 21.5 Å². The minimum Gasteiger partial charge on any atom is -0.508 e. The molecule has 0 fully saturated rings. The summed E-state index contributed by atoms with van der Waals surface area (Å²) in [6, 6.07) is 10.0. The first-order valence-electron chi connectivity index (χ1n) is 7.77. The van der Waals surface area contributed by atoms with Crippen molar-refractivity contribution < 1.29 is 19.4 Å². The second-order valence-corrected chi connectivity index (χ2v) is 6.81. The summed E-state index contributed by atoms with van der Waals surface area (Å²) in [6.45, 7) is 4.46. The van der Waals surface area contributed by atoms with Crippen LogP contribution in [-0.4, -0.2) is 17.5 Å². The number of allylic oxidation sites excluding steroid dienone is 2. The Morgan fingerprint density at radius 2 is 2.04 bits per heavy atom. The van der Waals surface area contributed by atoms with Gasteiger partial charge in [0, 0.05) is 16.1 Å². The Hall–Kier alpha value is -2.53. The summed E-state index contributed by atoms with van der Waals surface area (Å²) in [6.07, 6.45) is 3.64. The minimum atomic E-state index is -0.217. The highest BCUT2D eigenvalue weighted by Gasteiger charge is 2.27. The van der Waals surface area contributed by atoms with Gasteiger partial charge in [-0.2, -0.15) is 0 Å². The molecule has 3 rings (SSSR count). The van der Waals surface area contributed by atoms with Crippen molar-refractivity contribution in [2.75, 3.05) is 6.61 Å². The number of hydrogen-bond acceptors (Lipinski definition) is 4. The average molecular weight is 401 g/mol. The van der Waals surface area contributed by atoms with Crippen LogP contribution < -0.4 is 9.47 Å². The number of carbonyl (C=O) groups is 1. The van der Waals surface area contributed by atoms with Crippen molar-refractivity contribution in [2.24, 2.45) is 0 Å². The van der Waals surface area contributed by atoms with E-state index in [-0.39, 0.29) is 17.3 Å². The number of halogens is 1. The highest BCUT2D eigenvalue weighted by molar-refractivity contribution is 9.10. The van der Waals surface area contributed by atoms with E-state index in [2.05, 4.69) is 15.9 Å². The summed E-state index contributed by atoms with van der Waals surface area (Å²) in [5, 5.41) is 9.54. The first kappa shape index (κ1) is 17.3. The topological polar surface area (TPSA) is 55.8 Å². The second-order valence-electron chi connectivity index (χ2n) is 5.89. The fraction of sp³-hybridized carbons (Fsp3) is 0.150. The number of rotatable bonds is 4. The molecule has 0 saturated carbocycles. The van der Waals surface area contributed by atoms with Crippen molar-refractivity contribution in [1.82, 2.24) is 0 Å². The molecule has 0 saturated heterocycles. The van der Waals surface area contributed by atoms with Crippen molar-refractivity contribution >= 4 is 27.8 Å². The molecule has 25 heavy (non-hydrogen) atoms. The number of phenols is 1. The van der Waals surface area contributed by atoms with Crippen LogP contribution in [0.3, 0.4) is 0 Å². The lowest BCUT2D eigenvalue weighted by Gasteiger charge is -2.09. The predicted octanol–water partition coefficient (Wildman–Crippen LogP) is 5.12. The van der Waals surface area contributed by atoms with Crippen molar-refractivity contribution in [2.45, 2.75) is 13.8 Å². The van der Waals surface area contributed by atoms with E-state index in [0.717, 1.165) is 10.0 Å². The molecule has 1 aliphatic heterocycles. The lowest BCUT2D eigenvalue weighted by atomic mass is 10.1. The molecular formula is C20H17BrO4. The van der Waals surface area contributed by atoms with E-state index in [4.69, 9.17) is 9.47 Å². The van der Waals surface area contributed by atoms with Crippen LogP contribution in [0.25, 0.3) is 6.08 Å². The lowest BCUT2D eigenvalue weighted by molar-refractivity contribution is 0.101. The van der Waals surface area contributed by atoms with Gasteiger partial charge < -0.3 is 14.6 Å². The van der Waals surface area contributed by atoms with Gasteiger partial charge in [-0.3, -0.25) is 4.79 Å². The summed E-state index contributed by atoms with van der Waals surface area (Å²) < 4.78 is 12.3.